The van der Waals surface area contributed by atoms with Crippen LogP contribution < -0.4 is 5.73 Å². The SMILES string of the molecule is N[C@@H]1CSCc2c(F)cc(Cl)cc21. The van der Waals surface area contributed by atoms with Gasteiger partial charge in [-0.3, -0.25) is 0 Å². The third kappa shape index (κ3) is 1.68. The van der Waals surface area contributed by atoms with Crippen molar-refractivity contribution in [3.8, 4) is 0 Å². The average molecular weight is 218 g/mol. The molecule has 1 aliphatic heterocycles. The van der Waals surface area contributed by atoms with Gasteiger partial charge in [-0.2, -0.15) is 11.8 Å². The monoisotopic (exact) mass is 217 g/mol. The van der Waals surface area contributed by atoms with Crippen molar-refractivity contribution >= 4 is 23.4 Å². The zero-order chi connectivity index (χ0) is 9.42. The molecule has 0 saturated carbocycles. The second-order valence-electron chi connectivity index (χ2n) is 3.08. The Morgan fingerprint density at radius 1 is 1.54 bits per heavy atom. The highest BCUT2D eigenvalue weighted by atomic mass is 35.5. The predicted octanol–water partition coefficient (Wildman–Crippen LogP) is 2.73. The molecule has 2 rings (SSSR count). The number of hydrogen-bond acceptors (Lipinski definition) is 2. The summed E-state index contributed by atoms with van der Waals surface area (Å²) in [4.78, 5) is 0. The molecule has 1 aromatic carbocycles. The molecule has 1 nitrogen and oxygen atoms in total. The molecule has 0 saturated heterocycles. The highest BCUT2D eigenvalue weighted by Crippen LogP contribution is 2.33. The quantitative estimate of drug-likeness (QED) is 0.723. The first kappa shape index (κ1) is 9.31. The van der Waals surface area contributed by atoms with E-state index in [0.717, 1.165) is 11.3 Å². The molecule has 1 atom stereocenters. The third-order valence-corrected chi connectivity index (χ3v) is 3.44. The lowest BCUT2D eigenvalue weighted by Crippen LogP contribution is -2.19. The van der Waals surface area contributed by atoms with Crippen molar-refractivity contribution in [3.05, 3.63) is 34.1 Å². The van der Waals surface area contributed by atoms with Crippen LogP contribution in [0.4, 0.5) is 4.39 Å². The van der Waals surface area contributed by atoms with E-state index in [2.05, 4.69) is 0 Å². The maximum absolute atomic E-state index is 13.4. The van der Waals surface area contributed by atoms with Crippen molar-refractivity contribution in [1.82, 2.24) is 0 Å². The number of thioether (sulfide) groups is 1. The standard InChI is InChI=1S/C9H9ClFNS/c10-5-1-6-7(8(11)2-5)3-13-4-9(6)12/h1-2,9H,3-4,12H2/t9-/m1/s1. The first-order valence-electron chi connectivity index (χ1n) is 3.99. The second kappa shape index (κ2) is 3.48. The molecule has 0 unspecified atom stereocenters. The van der Waals surface area contributed by atoms with E-state index < -0.39 is 0 Å². The van der Waals surface area contributed by atoms with Crippen LogP contribution in [0.15, 0.2) is 12.1 Å². The van der Waals surface area contributed by atoms with E-state index in [1.807, 2.05) is 0 Å². The predicted molar refractivity (Wildman–Crippen MR) is 54.5 cm³/mol. The molecule has 0 bridgehead atoms. The summed E-state index contributed by atoms with van der Waals surface area (Å²) in [6.45, 7) is 0. The van der Waals surface area contributed by atoms with Crippen molar-refractivity contribution in [2.45, 2.75) is 11.8 Å². The van der Waals surface area contributed by atoms with E-state index in [1.165, 1.54) is 6.07 Å². The molecule has 1 aromatic rings. The number of benzene rings is 1. The van der Waals surface area contributed by atoms with Gasteiger partial charge in [0.15, 0.2) is 0 Å². The van der Waals surface area contributed by atoms with Gasteiger partial charge in [-0.15, -0.1) is 0 Å². The summed E-state index contributed by atoms with van der Waals surface area (Å²) in [5.74, 6) is 1.31. The van der Waals surface area contributed by atoms with Crippen LogP contribution in [0, 0.1) is 5.82 Å². The van der Waals surface area contributed by atoms with Crippen LogP contribution in [0.3, 0.4) is 0 Å². The molecule has 1 heterocycles. The van der Waals surface area contributed by atoms with Crippen molar-refractivity contribution in [1.29, 1.82) is 0 Å². The minimum absolute atomic E-state index is 0.0815. The van der Waals surface area contributed by atoms with E-state index in [1.54, 1.807) is 17.8 Å². The number of nitrogens with two attached hydrogens (primary N) is 1. The molecular formula is C9H9ClFNS. The van der Waals surface area contributed by atoms with Gasteiger partial charge in [-0.25, -0.2) is 4.39 Å². The maximum Gasteiger partial charge on any atom is 0.129 e. The Kier molecular flexibility index (Phi) is 2.49. The summed E-state index contributed by atoms with van der Waals surface area (Å²) in [6, 6.07) is 3.03. The molecule has 13 heavy (non-hydrogen) atoms. The number of fused-ring (bicyclic) bond motifs is 1. The molecule has 0 spiro atoms. The molecule has 0 aliphatic carbocycles. The summed E-state index contributed by atoms with van der Waals surface area (Å²) in [5.41, 5.74) is 7.42. The Balaban J connectivity index is 2.56. The Labute approximate surface area is 85.5 Å². The molecule has 2 N–H and O–H groups in total. The molecule has 1 aliphatic rings. The van der Waals surface area contributed by atoms with Crippen LogP contribution in [0.5, 0.6) is 0 Å². The number of rotatable bonds is 0. The van der Waals surface area contributed by atoms with Crippen molar-refractivity contribution in [2.75, 3.05) is 5.75 Å². The molecular weight excluding hydrogens is 209 g/mol. The minimum atomic E-state index is -0.231. The van der Waals surface area contributed by atoms with Crippen LogP contribution in [0.25, 0.3) is 0 Å². The van der Waals surface area contributed by atoms with E-state index in [0.29, 0.717) is 16.3 Å². The fraction of sp³-hybridized carbons (Fsp3) is 0.333. The maximum atomic E-state index is 13.4. The minimum Gasteiger partial charge on any atom is -0.323 e. The molecule has 0 radical (unpaired) electrons. The summed E-state index contributed by atoms with van der Waals surface area (Å²) in [7, 11) is 0. The summed E-state index contributed by atoms with van der Waals surface area (Å²) in [6.07, 6.45) is 0. The van der Waals surface area contributed by atoms with Crippen molar-refractivity contribution < 1.29 is 4.39 Å². The van der Waals surface area contributed by atoms with Crippen LogP contribution >= 0.6 is 23.4 Å². The number of halogens is 2. The Hall–Kier alpha value is -0.250. The van der Waals surface area contributed by atoms with Gasteiger partial charge in [-0.05, 0) is 17.7 Å². The fourth-order valence-electron chi connectivity index (χ4n) is 1.48. The van der Waals surface area contributed by atoms with Gasteiger partial charge in [0, 0.05) is 28.1 Å². The molecule has 0 aromatic heterocycles. The van der Waals surface area contributed by atoms with Gasteiger partial charge in [0.05, 0.1) is 0 Å². The second-order valence-corrected chi connectivity index (χ2v) is 4.54. The van der Waals surface area contributed by atoms with E-state index in [4.69, 9.17) is 17.3 Å². The zero-order valence-electron chi connectivity index (χ0n) is 6.89. The van der Waals surface area contributed by atoms with Crippen molar-refractivity contribution in [3.63, 3.8) is 0 Å². The first-order valence-corrected chi connectivity index (χ1v) is 5.53. The third-order valence-electron chi connectivity index (χ3n) is 2.14. The molecule has 70 valence electrons. The largest absolute Gasteiger partial charge is 0.323 e. The van der Waals surface area contributed by atoms with Gasteiger partial charge < -0.3 is 5.73 Å². The fourth-order valence-corrected chi connectivity index (χ4v) is 2.76. The molecule has 4 heteroatoms. The lowest BCUT2D eigenvalue weighted by atomic mass is 10.0. The number of hydrogen-bond donors (Lipinski definition) is 1. The van der Waals surface area contributed by atoms with Gasteiger partial charge in [0.1, 0.15) is 5.82 Å². The topological polar surface area (TPSA) is 26.0 Å². The lowest BCUT2D eigenvalue weighted by molar-refractivity contribution is 0.608. The first-order chi connectivity index (χ1) is 6.18. The highest BCUT2D eigenvalue weighted by Gasteiger charge is 2.20. The van der Waals surface area contributed by atoms with E-state index in [9.17, 15) is 4.39 Å². The highest BCUT2D eigenvalue weighted by molar-refractivity contribution is 7.98. The molecule has 0 fully saturated rings. The van der Waals surface area contributed by atoms with Gasteiger partial charge in [0.25, 0.3) is 0 Å². The Morgan fingerprint density at radius 3 is 3.08 bits per heavy atom. The summed E-state index contributed by atoms with van der Waals surface area (Å²) >= 11 is 7.40. The van der Waals surface area contributed by atoms with Crippen LogP contribution in [0.1, 0.15) is 17.2 Å². The van der Waals surface area contributed by atoms with Gasteiger partial charge in [-0.1, -0.05) is 11.6 Å². The van der Waals surface area contributed by atoms with Crippen LogP contribution in [-0.4, -0.2) is 5.75 Å². The van der Waals surface area contributed by atoms with Crippen LogP contribution in [-0.2, 0) is 5.75 Å². The van der Waals surface area contributed by atoms with Crippen LogP contribution in [0.2, 0.25) is 5.02 Å². The lowest BCUT2D eigenvalue weighted by Gasteiger charge is -2.22. The summed E-state index contributed by atoms with van der Waals surface area (Å²) < 4.78 is 13.4. The van der Waals surface area contributed by atoms with E-state index >= 15 is 0 Å². The van der Waals surface area contributed by atoms with E-state index in [-0.39, 0.29) is 11.9 Å². The normalized spacial score (nSPS) is 21.3. The smallest absolute Gasteiger partial charge is 0.129 e. The van der Waals surface area contributed by atoms with Gasteiger partial charge in [0.2, 0.25) is 0 Å². The zero-order valence-corrected chi connectivity index (χ0v) is 8.46. The average Bonchev–Trinajstić information content (AvgIpc) is 2.07. The Bertz CT molecular complexity index is 343. The summed E-state index contributed by atoms with van der Waals surface area (Å²) in [5, 5.41) is 0.429. The molecule has 0 amide bonds. The van der Waals surface area contributed by atoms with Gasteiger partial charge >= 0.3 is 0 Å². The Morgan fingerprint density at radius 2 is 2.31 bits per heavy atom. The van der Waals surface area contributed by atoms with Crippen molar-refractivity contribution in [2.24, 2.45) is 5.73 Å².